The van der Waals surface area contributed by atoms with Crippen LogP contribution >= 0.6 is 11.6 Å². The van der Waals surface area contributed by atoms with Gasteiger partial charge < -0.3 is 5.32 Å². The number of rotatable bonds is 6. The van der Waals surface area contributed by atoms with E-state index in [9.17, 15) is 9.18 Å². The number of halogens is 2. The van der Waals surface area contributed by atoms with Gasteiger partial charge in [-0.3, -0.25) is 14.2 Å². The van der Waals surface area contributed by atoms with Crippen LogP contribution < -0.4 is 5.32 Å². The Balaban J connectivity index is 1.60. The highest BCUT2D eigenvalue weighted by Gasteiger charge is 2.18. The lowest BCUT2D eigenvalue weighted by atomic mass is 10.1. The number of nitrogens with zero attached hydrogens (tertiary/aromatic N) is 4. The van der Waals surface area contributed by atoms with Crippen LogP contribution in [0.4, 0.5) is 10.2 Å². The minimum atomic E-state index is -0.313. The molecule has 0 aliphatic carbocycles. The Kier molecular flexibility index (Phi) is 5.60. The van der Waals surface area contributed by atoms with E-state index in [1.54, 1.807) is 27.7 Å². The highest BCUT2D eigenvalue weighted by molar-refractivity contribution is 6.31. The topological polar surface area (TPSA) is 64.7 Å². The molecule has 2 aromatic heterocycles. The van der Waals surface area contributed by atoms with E-state index >= 15 is 0 Å². The second-order valence-corrected chi connectivity index (χ2v) is 6.96. The standard InChI is InChI=1S/C19H21ClFN5O/c1-12(10-26-14(3)18(20)13(2)23-26)19(27)22-17-7-8-25(24-17)11-15-5-4-6-16(21)9-15/h4-9,12H,10-11H2,1-3H3,(H,22,24,27). The summed E-state index contributed by atoms with van der Waals surface area (Å²) in [6.45, 7) is 6.38. The molecular weight excluding hydrogens is 369 g/mol. The molecule has 6 nitrogen and oxygen atoms in total. The summed E-state index contributed by atoms with van der Waals surface area (Å²) in [6.07, 6.45) is 1.74. The summed E-state index contributed by atoms with van der Waals surface area (Å²) < 4.78 is 16.7. The quantitative estimate of drug-likeness (QED) is 0.697. The third-order valence-corrected chi connectivity index (χ3v) is 4.86. The van der Waals surface area contributed by atoms with Crippen LogP contribution in [0, 0.1) is 25.6 Å². The van der Waals surface area contributed by atoms with Gasteiger partial charge in [0.25, 0.3) is 0 Å². The van der Waals surface area contributed by atoms with Crippen molar-refractivity contribution in [1.82, 2.24) is 19.6 Å². The number of aryl methyl sites for hydroxylation is 1. The Morgan fingerprint density at radius 1 is 1.30 bits per heavy atom. The fourth-order valence-corrected chi connectivity index (χ4v) is 2.92. The second-order valence-electron chi connectivity index (χ2n) is 6.59. The Morgan fingerprint density at radius 3 is 2.74 bits per heavy atom. The average Bonchev–Trinajstić information content (AvgIpc) is 3.15. The van der Waals surface area contributed by atoms with Crippen molar-refractivity contribution in [2.75, 3.05) is 5.32 Å². The summed E-state index contributed by atoms with van der Waals surface area (Å²) >= 11 is 6.15. The minimum Gasteiger partial charge on any atom is -0.309 e. The summed E-state index contributed by atoms with van der Waals surface area (Å²) in [5.74, 6) is -0.303. The van der Waals surface area contributed by atoms with Gasteiger partial charge >= 0.3 is 0 Å². The SMILES string of the molecule is Cc1nn(CC(C)C(=O)Nc2ccn(Cc3cccc(F)c3)n2)c(C)c1Cl. The van der Waals surface area contributed by atoms with Crippen LogP contribution in [0.2, 0.25) is 5.02 Å². The molecule has 142 valence electrons. The largest absolute Gasteiger partial charge is 0.309 e. The number of carbonyl (C=O) groups is 1. The van der Waals surface area contributed by atoms with Crippen LogP contribution in [0.3, 0.4) is 0 Å². The van der Waals surface area contributed by atoms with Gasteiger partial charge in [-0.2, -0.15) is 10.2 Å². The molecule has 0 radical (unpaired) electrons. The molecule has 8 heteroatoms. The zero-order chi connectivity index (χ0) is 19.6. The van der Waals surface area contributed by atoms with Crippen molar-refractivity contribution in [3.05, 3.63) is 64.3 Å². The Bertz CT molecular complexity index is 965. The van der Waals surface area contributed by atoms with E-state index in [0.29, 0.717) is 23.9 Å². The van der Waals surface area contributed by atoms with E-state index in [1.807, 2.05) is 26.8 Å². The number of hydrogen-bond acceptors (Lipinski definition) is 3. The maximum atomic E-state index is 13.3. The molecular formula is C19H21ClFN5O. The van der Waals surface area contributed by atoms with Crippen molar-refractivity contribution >= 4 is 23.3 Å². The predicted molar refractivity (Wildman–Crippen MR) is 102 cm³/mol. The van der Waals surface area contributed by atoms with Crippen molar-refractivity contribution in [2.24, 2.45) is 5.92 Å². The van der Waals surface area contributed by atoms with E-state index in [4.69, 9.17) is 11.6 Å². The lowest BCUT2D eigenvalue weighted by Crippen LogP contribution is -2.25. The number of nitrogens with one attached hydrogen (secondary N) is 1. The molecule has 27 heavy (non-hydrogen) atoms. The van der Waals surface area contributed by atoms with E-state index in [1.165, 1.54) is 12.1 Å². The molecule has 0 fully saturated rings. The summed E-state index contributed by atoms with van der Waals surface area (Å²) in [5.41, 5.74) is 2.39. The van der Waals surface area contributed by atoms with Crippen LogP contribution in [-0.2, 0) is 17.9 Å². The van der Waals surface area contributed by atoms with Crippen molar-refractivity contribution in [3.8, 4) is 0 Å². The molecule has 3 rings (SSSR count). The zero-order valence-electron chi connectivity index (χ0n) is 15.4. The van der Waals surface area contributed by atoms with Gasteiger partial charge in [0.2, 0.25) is 5.91 Å². The highest BCUT2D eigenvalue weighted by atomic mass is 35.5. The van der Waals surface area contributed by atoms with E-state index < -0.39 is 0 Å². The molecule has 0 spiro atoms. The molecule has 2 heterocycles. The number of aromatic nitrogens is 4. The van der Waals surface area contributed by atoms with Crippen LogP contribution in [0.15, 0.2) is 36.5 Å². The fourth-order valence-electron chi connectivity index (χ4n) is 2.78. The Labute approximate surface area is 161 Å². The molecule has 1 atom stereocenters. The van der Waals surface area contributed by atoms with Gasteiger partial charge in [0, 0.05) is 12.3 Å². The number of benzene rings is 1. The van der Waals surface area contributed by atoms with E-state index in [0.717, 1.165) is 17.0 Å². The number of hydrogen-bond donors (Lipinski definition) is 1. The van der Waals surface area contributed by atoms with Gasteiger partial charge in [0.05, 0.1) is 35.4 Å². The van der Waals surface area contributed by atoms with E-state index in [2.05, 4.69) is 15.5 Å². The first-order chi connectivity index (χ1) is 12.8. The van der Waals surface area contributed by atoms with Gasteiger partial charge in [0.1, 0.15) is 5.82 Å². The smallest absolute Gasteiger partial charge is 0.230 e. The first kappa shape index (κ1) is 19.1. The lowest BCUT2D eigenvalue weighted by Gasteiger charge is -2.12. The zero-order valence-corrected chi connectivity index (χ0v) is 16.2. The van der Waals surface area contributed by atoms with Crippen molar-refractivity contribution < 1.29 is 9.18 Å². The van der Waals surface area contributed by atoms with Crippen LogP contribution in [0.25, 0.3) is 0 Å². The van der Waals surface area contributed by atoms with E-state index in [-0.39, 0.29) is 17.6 Å². The Morgan fingerprint density at radius 2 is 2.07 bits per heavy atom. The summed E-state index contributed by atoms with van der Waals surface area (Å²) in [4.78, 5) is 12.4. The molecule has 1 unspecified atom stereocenters. The summed E-state index contributed by atoms with van der Waals surface area (Å²) in [5, 5.41) is 12.1. The van der Waals surface area contributed by atoms with Crippen molar-refractivity contribution in [2.45, 2.75) is 33.9 Å². The fraction of sp³-hybridized carbons (Fsp3) is 0.316. The average molecular weight is 390 g/mol. The van der Waals surface area contributed by atoms with Crippen molar-refractivity contribution in [3.63, 3.8) is 0 Å². The summed E-state index contributed by atoms with van der Waals surface area (Å²) in [6, 6.07) is 8.05. The van der Waals surface area contributed by atoms with Gasteiger partial charge in [0.15, 0.2) is 5.82 Å². The van der Waals surface area contributed by atoms with Gasteiger partial charge in [-0.05, 0) is 31.5 Å². The van der Waals surface area contributed by atoms with Crippen LogP contribution in [0.5, 0.6) is 0 Å². The van der Waals surface area contributed by atoms with Crippen LogP contribution in [-0.4, -0.2) is 25.5 Å². The van der Waals surface area contributed by atoms with Gasteiger partial charge in [-0.15, -0.1) is 0 Å². The van der Waals surface area contributed by atoms with Gasteiger partial charge in [-0.25, -0.2) is 4.39 Å². The lowest BCUT2D eigenvalue weighted by molar-refractivity contribution is -0.119. The molecule has 0 bridgehead atoms. The highest BCUT2D eigenvalue weighted by Crippen LogP contribution is 2.20. The maximum absolute atomic E-state index is 13.3. The third-order valence-electron chi connectivity index (χ3n) is 4.31. The first-order valence-corrected chi connectivity index (χ1v) is 8.99. The third kappa shape index (κ3) is 4.54. The van der Waals surface area contributed by atoms with Crippen LogP contribution in [0.1, 0.15) is 23.9 Å². The number of amides is 1. The molecule has 1 N–H and O–H groups in total. The van der Waals surface area contributed by atoms with Crippen molar-refractivity contribution in [1.29, 1.82) is 0 Å². The molecule has 0 aliphatic rings. The number of anilines is 1. The maximum Gasteiger partial charge on any atom is 0.230 e. The van der Waals surface area contributed by atoms with Gasteiger partial charge in [-0.1, -0.05) is 30.7 Å². The molecule has 3 aromatic rings. The Hall–Kier alpha value is -2.67. The molecule has 0 saturated heterocycles. The first-order valence-electron chi connectivity index (χ1n) is 8.61. The molecule has 1 aromatic carbocycles. The molecule has 0 aliphatic heterocycles. The monoisotopic (exact) mass is 389 g/mol. The predicted octanol–water partition coefficient (Wildman–Crippen LogP) is 3.81. The molecule has 0 saturated carbocycles. The molecule has 1 amide bonds. The summed E-state index contributed by atoms with van der Waals surface area (Å²) in [7, 11) is 0. The second kappa shape index (κ2) is 7.92. The minimum absolute atomic E-state index is 0.158. The normalized spacial score (nSPS) is 12.2. The number of carbonyl (C=O) groups excluding carboxylic acids is 1.